The van der Waals surface area contributed by atoms with Crippen molar-refractivity contribution in [2.24, 2.45) is 0 Å². The Hall–Kier alpha value is -5.18. The van der Waals surface area contributed by atoms with Gasteiger partial charge in [0.15, 0.2) is 5.82 Å². The quantitative estimate of drug-likeness (QED) is 0.388. The number of hydrogen-bond donors (Lipinski definition) is 3. The fourth-order valence-corrected chi connectivity index (χ4v) is 3.85. The van der Waals surface area contributed by atoms with Crippen LogP contribution in [0.4, 0.5) is 17.6 Å². The van der Waals surface area contributed by atoms with E-state index < -0.39 is 11.6 Å². The van der Waals surface area contributed by atoms with Crippen molar-refractivity contribution in [3.05, 3.63) is 74.3 Å². The van der Waals surface area contributed by atoms with E-state index in [0.29, 0.717) is 5.52 Å². The second kappa shape index (κ2) is 8.99. The van der Waals surface area contributed by atoms with Gasteiger partial charge in [-0.15, -0.1) is 0 Å². The molecule has 1 atom stereocenters. The number of nitrogens with two attached hydrogens (primary N) is 2. The molecule has 170 valence electrons. The number of benzene rings is 2. The van der Waals surface area contributed by atoms with E-state index in [-0.39, 0.29) is 56.2 Å². The summed E-state index contributed by atoms with van der Waals surface area (Å²) in [5.74, 6) is 0.00169. The maximum Gasteiger partial charge on any atom is 0.267 e. The van der Waals surface area contributed by atoms with Crippen LogP contribution in [0.3, 0.4) is 0 Å². The Morgan fingerprint density at radius 1 is 1.03 bits per heavy atom. The Morgan fingerprint density at radius 2 is 1.71 bits per heavy atom. The van der Waals surface area contributed by atoms with Gasteiger partial charge in [0.1, 0.15) is 23.3 Å². The summed E-state index contributed by atoms with van der Waals surface area (Å²) < 4.78 is 1.26. The fourth-order valence-electron chi connectivity index (χ4n) is 3.60. The number of nitrogens with zero attached hydrogens (tertiary/aromatic N) is 7. The van der Waals surface area contributed by atoms with Gasteiger partial charge in [-0.2, -0.15) is 25.8 Å². The Balaban J connectivity index is 2.01. The van der Waals surface area contributed by atoms with Crippen LogP contribution in [0.25, 0.3) is 16.6 Å². The van der Waals surface area contributed by atoms with Gasteiger partial charge in [0.25, 0.3) is 5.56 Å². The summed E-state index contributed by atoms with van der Waals surface area (Å²) >= 11 is 6.32. The summed E-state index contributed by atoms with van der Waals surface area (Å²) in [5.41, 5.74) is 11.9. The lowest BCUT2D eigenvalue weighted by Gasteiger charge is -2.21. The molecule has 4 rings (SSSR count). The van der Waals surface area contributed by atoms with E-state index in [1.165, 1.54) is 22.8 Å². The van der Waals surface area contributed by atoms with Crippen molar-refractivity contribution in [3.8, 4) is 23.9 Å². The van der Waals surface area contributed by atoms with Crippen LogP contribution in [-0.2, 0) is 0 Å². The van der Waals surface area contributed by atoms with E-state index in [1.807, 2.05) is 18.2 Å². The molecule has 12 heteroatoms. The molecule has 0 amide bonds. The van der Waals surface area contributed by atoms with E-state index in [2.05, 4.69) is 20.3 Å². The highest BCUT2D eigenvalue weighted by atomic mass is 35.5. The molecule has 0 fully saturated rings. The lowest BCUT2D eigenvalue weighted by atomic mass is 10.1. The van der Waals surface area contributed by atoms with Crippen molar-refractivity contribution in [3.63, 3.8) is 0 Å². The maximum absolute atomic E-state index is 13.7. The molecule has 0 aliphatic carbocycles. The molecule has 0 bridgehead atoms. The first-order valence-electron chi connectivity index (χ1n) is 10.0. The Kier molecular flexibility index (Phi) is 5.90. The molecule has 0 saturated heterocycles. The molecular weight excluding hydrogens is 468 g/mol. The van der Waals surface area contributed by atoms with Crippen LogP contribution in [0.1, 0.15) is 35.5 Å². The number of aromatic nitrogens is 4. The zero-order valence-corrected chi connectivity index (χ0v) is 18.9. The maximum atomic E-state index is 13.7. The summed E-state index contributed by atoms with van der Waals surface area (Å²) in [6.45, 7) is 1.68. The average Bonchev–Trinajstić information content (AvgIpc) is 2.83. The number of nitriles is 3. The first-order valence-corrected chi connectivity index (χ1v) is 10.4. The third kappa shape index (κ3) is 4.13. The van der Waals surface area contributed by atoms with E-state index >= 15 is 0 Å². The Morgan fingerprint density at radius 3 is 2.34 bits per heavy atom. The van der Waals surface area contributed by atoms with Crippen LogP contribution in [0.2, 0.25) is 5.02 Å². The molecule has 2 aromatic heterocycles. The van der Waals surface area contributed by atoms with Crippen LogP contribution >= 0.6 is 11.6 Å². The van der Waals surface area contributed by atoms with Crippen molar-refractivity contribution in [1.29, 1.82) is 15.8 Å². The summed E-state index contributed by atoms with van der Waals surface area (Å²) in [6, 6.07) is 14.4. The van der Waals surface area contributed by atoms with Crippen molar-refractivity contribution < 1.29 is 0 Å². The van der Waals surface area contributed by atoms with Crippen molar-refractivity contribution in [2.75, 3.05) is 16.8 Å². The minimum Gasteiger partial charge on any atom is -0.382 e. The molecule has 0 aliphatic heterocycles. The van der Waals surface area contributed by atoms with Gasteiger partial charge in [-0.05, 0) is 37.3 Å². The fraction of sp³-hybridized carbons (Fsp3) is 0.0870. The predicted molar refractivity (Wildman–Crippen MR) is 129 cm³/mol. The highest BCUT2D eigenvalue weighted by molar-refractivity contribution is 6.35. The zero-order chi connectivity index (χ0) is 25.3. The molecule has 0 radical (unpaired) electrons. The summed E-state index contributed by atoms with van der Waals surface area (Å²) in [6.07, 6.45) is 0. The number of rotatable bonds is 4. The van der Waals surface area contributed by atoms with Crippen molar-refractivity contribution in [2.45, 2.75) is 13.0 Å². The number of nitrogens with one attached hydrogen (secondary N) is 1. The minimum absolute atomic E-state index is 0.0259. The Labute approximate surface area is 203 Å². The standard InChI is InChI=1S/C23H15ClN10O/c1-11(30-20-15(10-27)19(28)32-23(29)33-20)21-31-17-4-2-3-16(24)18(17)22(35)34(21)14-6-12(8-25)5-13(7-14)9-26/h2-7,11H,1H3,(H5,28,29,30,32,33)/t11-/m0/s1. The molecule has 4 aromatic rings. The average molecular weight is 483 g/mol. The highest BCUT2D eigenvalue weighted by Crippen LogP contribution is 2.27. The predicted octanol–water partition coefficient (Wildman–Crippen LogP) is 2.78. The number of hydrogen-bond acceptors (Lipinski definition) is 10. The number of halogens is 1. The third-order valence-corrected chi connectivity index (χ3v) is 5.43. The minimum atomic E-state index is -0.733. The summed E-state index contributed by atoms with van der Waals surface area (Å²) in [5, 5.41) is 31.7. The highest BCUT2D eigenvalue weighted by Gasteiger charge is 2.22. The van der Waals surface area contributed by atoms with Crippen molar-refractivity contribution in [1.82, 2.24) is 19.5 Å². The molecule has 5 N–H and O–H groups in total. The number of anilines is 3. The normalized spacial score (nSPS) is 11.3. The SMILES string of the molecule is C[C@H](Nc1nc(N)nc(N)c1C#N)c1nc2cccc(Cl)c2c(=O)n1-c1cc(C#N)cc(C#N)c1. The lowest BCUT2D eigenvalue weighted by Crippen LogP contribution is -2.28. The monoisotopic (exact) mass is 482 g/mol. The number of fused-ring (bicyclic) bond motifs is 1. The van der Waals surface area contributed by atoms with Crippen LogP contribution in [0, 0.1) is 34.0 Å². The van der Waals surface area contributed by atoms with Crippen LogP contribution in [0.15, 0.2) is 41.2 Å². The Bertz CT molecular complexity index is 1660. The van der Waals surface area contributed by atoms with Gasteiger partial charge in [-0.25, -0.2) is 4.98 Å². The molecule has 2 aromatic carbocycles. The molecule has 0 aliphatic rings. The van der Waals surface area contributed by atoms with Gasteiger partial charge in [0.05, 0.1) is 50.9 Å². The van der Waals surface area contributed by atoms with Crippen molar-refractivity contribution >= 4 is 40.1 Å². The second-order valence-electron chi connectivity index (χ2n) is 7.41. The van der Waals surface area contributed by atoms with Crippen LogP contribution < -0.4 is 22.3 Å². The van der Waals surface area contributed by atoms with Crippen LogP contribution in [-0.4, -0.2) is 19.5 Å². The lowest BCUT2D eigenvalue weighted by molar-refractivity contribution is 0.730. The third-order valence-electron chi connectivity index (χ3n) is 5.11. The smallest absolute Gasteiger partial charge is 0.267 e. The van der Waals surface area contributed by atoms with Gasteiger partial charge in [-0.3, -0.25) is 9.36 Å². The van der Waals surface area contributed by atoms with E-state index in [0.717, 1.165) is 0 Å². The molecular formula is C23H15ClN10O. The molecule has 2 heterocycles. The largest absolute Gasteiger partial charge is 0.382 e. The molecule has 0 saturated carbocycles. The molecule has 0 unspecified atom stereocenters. The molecule has 0 spiro atoms. The van der Waals surface area contributed by atoms with E-state index in [9.17, 15) is 20.6 Å². The second-order valence-corrected chi connectivity index (χ2v) is 7.81. The number of nitrogen functional groups attached to an aromatic ring is 2. The first kappa shape index (κ1) is 23.0. The van der Waals surface area contributed by atoms with Gasteiger partial charge in [-0.1, -0.05) is 17.7 Å². The molecule has 11 nitrogen and oxygen atoms in total. The zero-order valence-electron chi connectivity index (χ0n) is 18.1. The summed E-state index contributed by atoms with van der Waals surface area (Å²) in [4.78, 5) is 26.2. The van der Waals surface area contributed by atoms with Gasteiger partial charge < -0.3 is 16.8 Å². The topological polar surface area (TPSA) is 196 Å². The first-order chi connectivity index (χ1) is 16.8. The van der Waals surface area contributed by atoms with E-state index in [1.54, 1.807) is 25.1 Å². The summed E-state index contributed by atoms with van der Waals surface area (Å²) in [7, 11) is 0. The van der Waals surface area contributed by atoms with Gasteiger partial charge in [0, 0.05) is 0 Å². The van der Waals surface area contributed by atoms with Gasteiger partial charge in [0.2, 0.25) is 5.95 Å². The van der Waals surface area contributed by atoms with E-state index in [4.69, 9.17) is 23.1 Å². The van der Waals surface area contributed by atoms with Crippen LogP contribution in [0.5, 0.6) is 0 Å². The van der Waals surface area contributed by atoms with Gasteiger partial charge >= 0.3 is 0 Å². The molecule has 35 heavy (non-hydrogen) atoms.